The number of hydrogen-bond donors (Lipinski definition) is 2. The summed E-state index contributed by atoms with van der Waals surface area (Å²) >= 11 is 0. The maximum atomic E-state index is 14.9. The Labute approximate surface area is 197 Å². The van der Waals surface area contributed by atoms with Crippen LogP contribution in [0.3, 0.4) is 0 Å². The largest absolute Gasteiger partial charge is 0.495 e. The summed E-state index contributed by atoms with van der Waals surface area (Å²) in [5, 5.41) is 2.69. The van der Waals surface area contributed by atoms with Crippen molar-refractivity contribution in [3.05, 3.63) is 53.1 Å². The van der Waals surface area contributed by atoms with E-state index in [-0.39, 0.29) is 41.7 Å². The van der Waals surface area contributed by atoms with Crippen molar-refractivity contribution in [3.8, 4) is 5.75 Å². The van der Waals surface area contributed by atoms with Gasteiger partial charge in [0, 0.05) is 31.2 Å². The van der Waals surface area contributed by atoms with Crippen LogP contribution in [0.2, 0.25) is 0 Å². The molecular weight excluding hydrogens is 463 g/mol. The van der Waals surface area contributed by atoms with E-state index in [1.807, 2.05) is 0 Å². The van der Waals surface area contributed by atoms with Crippen LogP contribution in [0.5, 0.6) is 5.75 Å². The fraction of sp³-hybridized carbons (Fsp3) is 0.435. The van der Waals surface area contributed by atoms with Gasteiger partial charge in [-0.15, -0.1) is 0 Å². The lowest BCUT2D eigenvalue weighted by Gasteiger charge is -2.49. The number of nitrogens with two attached hydrogens (primary N) is 1. The summed E-state index contributed by atoms with van der Waals surface area (Å²) in [6.45, 7) is 3.24. The minimum absolute atomic E-state index is 0.0219. The maximum absolute atomic E-state index is 14.9. The summed E-state index contributed by atoms with van der Waals surface area (Å²) < 4.78 is 50.5. The van der Waals surface area contributed by atoms with Crippen molar-refractivity contribution >= 4 is 27.3 Å². The molecule has 0 saturated heterocycles. The monoisotopic (exact) mass is 490 g/mol. The summed E-state index contributed by atoms with van der Waals surface area (Å²) in [7, 11) is -0.737. The molecule has 1 aromatic carbocycles. The van der Waals surface area contributed by atoms with Gasteiger partial charge < -0.3 is 20.5 Å². The van der Waals surface area contributed by atoms with Gasteiger partial charge >= 0.3 is 0 Å². The standard InChI is InChI=1S/C23H27FN4O5S/c1-13-7-15(32-3)11-26-19(13)20(29)27-14-5-6-18(24)17(8-14)22(2)12-34(30,31)23(21(25)28-22)9-16(10-23)33-4/h5-8,11,16H,9-10,12H2,1-4H3,(H2,25,28)(H,27,29)/t16?,22-,23?/m0/s1. The van der Waals surface area contributed by atoms with Crippen LogP contribution < -0.4 is 15.8 Å². The van der Waals surface area contributed by atoms with Gasteiger partial charge in [-0.1, -0.05) is 0 Å². The lowest BCUT2D eigenvalue weighted by Crippen LogP contribution is -2.66. The third-order valence-electron chi connectivity index (χ3n) is 6.66. The number of amidine groups is 1. The fourth-order valence-electron chi connectivity index (χ4n) is 4.62. The first-order valence-corrected chi connectivity index (χ1v) is 12.3. The average molecular weight is 491 g/mol. The smallest absolute Gasteiger partial charge is 0.274 e. The van der Waals surface area contributed by atoms with E-state index >= 15 is 0 Å². The lowest BCUT2D eigenvalue weighted by atomic mass is 9.79. The van der Waals surface area contributed by atoms with Gasteiger partial charge in [0.1, 0.15) is 33.4 Å². The number of aromatic nitrogens is 1. The lowest BCUT2D eigenvalue weighted by molar-refractivity contribution is 0.0292. The van der Waals surface area contributed by atoms with Crippen LogP contribution in [0.4, 0.5) is 10.1 Å². The molecule has 1 aromatic heterocycles. The Morgan fingerprint density at radius 1 is 1.26 bits per heavy atom. The fourth-order valence-corrected chi connectivity index (χ4v) is 7.10. The number of ether oxygens (including phenoxy) is 2. The van der Waals surface area contributed by atoms with Gasteiger partial charge in [0.2, 0.25) is 0 Å². The Morgan fingerprint density at radius 2 is 1.97 bits per heavy atom. The summed E-state index contributed by atoms with van der Waals surface area (Å²) in [4.78, 5) is 21.4. The maximum Gasteiger partial charge on any atom is 0.274 e. The molecule has 1 fully saturated rings. The molecule has 3 N–H and O–H groups in total. The van der Waals surface area contributed by atoms with Gasteiger partial charge in [0.25, 0.3) is 5.91 Å². The molecule has 0 radical (unpaired) electrons. The number of hydrogen-bond acceptors (Lipinski definition) is 8. The molecule has 2 aliphatic rings. The third kappa shape index (κ3) is 3.82. The van der Waals surface area contributed by atoms with Crippen LogP contribution in [0.15, 0.2) is 35.5 Å². The second-order valence-electron chi connectivity index (χ2n) is 8.98. The van der Waals surface area contributed by atoms with Crippen molar-refractivity contribution in [2.75, 3.05) is 25.3 Å². The Bertz CT molecular complexity index is 1290. The van der Waals surface area contributed by atoms with Gasteiger partial charge in [-0.25, -0.2) is 17.8 Å². The van der Waals surface area contributed by atoms with Crippen molar-refractivity contribution < 1.29 is 27.1 Å². The Morgan fingerprint density at radius 3 is 2.56 bits per heavy atom. The van der Waals surface area contributed by atoms with E-state index in [1.54, 1.807) is 13.0 Å². The molecule has 11 heteroatoms. The molecule has 182 valence electrons. The second-order valence-corrected chi connectivity index (χ2v) is 11.3. The summed E-state index contributed by atoms with van der Waals surface area (Å²) in [6.07, 6.45) is 1.67. The summed E-state index contributed by atoms with van der Waals surface area (Å²) in [6, 6.07) is 5.61. The Balaban J connectivity index is 1.66. The number of anilines is 1. The van der Waals surface area contributed by atoms with Crippen LogP contribution in [-0.4, -0.2) is 56.0 Å². The van der Waals surface area contributed by atoms with Gasteiger partial charge in [-0.05, 0) is 43.7 Å². The van der Waals surface area contributed by atoms with Crippen molar-refractivity contribution in [3.63, 3.8) is 0 Å². The number of aryl methyl sites for hydroxylation is 1. The average Bonchev–Trinajstić information content (AvgIpc) is 2.72. The molecule has 2 aromatic rings. The predicted octanol–water partition coefficient (Wildman–Crippen LogP) is 2.34. The van der Waals surface area contributed by atoms with E-state index in [0.717, 1.165) is 6.07 Å². The number of nitrogens with one attached hydrogen (secondary N) is 1. The van der Waals surface area contributed by atoms with Crippen molar-refractivity contribution in [1.29, 1.82) is 0 Å². The number of carbonyl (C=O) groups excluding carboxylic acids is 1. The minimum atomic E-state index is -3.75. The highest BCUT2D eigenvalue weighted by Gasteiger charge is 2.61. The number of pyridine rings is 1. The molecule has 1 saturated carbocycles. The number of halogens is 1. The van der Waals surface area contributed by atoms with E-state index in [9.17, 15) is 17.6 Å². The minimum Gasteiger partial charge on any atom is -0.495 e. The predicted molar refractivity (Wildman–Crippen MR) is 125 cm³/mol. The number of rotatable bonds is 5. The van der Waals surface area contributed by atoms with Crippen molar-refractivity contribution in [1.82, 2.24) is 4.98 Å². The highest BCUT2D eigenvalue weighted by atomic mass is 32.2. The molecule has 1 spiro atoms. The molecule has 1 aliphatic carbocycles. The quantitative estimate of drug-likeness (QED) is 0.657. The normalized spacial score (nSPS) is 27.6. The van der Waals surface area contributed by atoms with Crippen LogP contribution >= 0.6 is 0 Å². The topological polar surface area (TPSA) is 133 Å². The molecular formula is C23H27FN4O5S. The Hall–Kier alpha value is -3.05. The number of methoxy groups -OCH3 is 2. The van der Waals surface area contributed by atoms with Crippen molar-refractivity contribution in [2.45, 2.75) is 43.1 Å². The number of carbonyl (C=O) groups is 1. The first-order valence-electron chi connectivity index (χ1n) is 10.7. The molecule has 4 rings (SSSR count). The van der Waals surface area contributed by atoms with Crippen LogP contribution in [-0.2, 0) is 20.1 Å². The number of benzene rings is 1. The van der Waals surface area contributed by atoms with Crippen molar-refractivity contribution in [2.24, 2.45) is 10.7 Å². The van der Waals surface area contributed by atoms with Crippen LogP contribution in [0.25, 0.3) is 0 Å². The summed E-state index contributed by atoms with van der Waals surface area (Å²) in [5.74, 6) is -1.08. The zero-order chi connectivity index (χ0) is 24.9. The van der Waals surface area contributed by atoms with E-state index in [2.05, 4.69) is 15.3 Å². The summed E-state index contributed by atoms with van der Waals surface area (Å²) in [5.41, 5.74) is 5.79. The zero-order valence-electron chi connectivity index (χ0n) is 19.4. The molecule has 0 bridgehead atoms. The molecule has 1 atom stereocenters. The molecule has 34 heavy (non-hydrogen) atoms. The number of sulfone groups is 1. The molecule has 0 unspecified atom stereocenters. The molecule has 1 amide bonds. The van der Waals surface area contributed by atoms with E-state index in [0.29, 0.717) is 11.3 Å². The van der Waals surface area contributed by atoms with E-state index < -0.39 is 37.6 Å². The molecule has 2 heterocycles. The van der Waals surface area contributed by atoms with Crippen LogP contribution in [0, 0.1) is 12.7 Å². The second kappa shape index (κ2) is 8.31. The van der Waals surface area contributed by atoms with E-state index in [1.165, 1.54) is 39.5 Å². The van der Waals surface area contributed by atoms with Gasteiger partial charge in [0.05, 0.1) is 25.2 Å². The highest BCUT2D eigenvalue weighted by molar-refractivity contribution is 7.93. The van der Waals surface area contributed by atoms with Gasteiger partial charge in [-0.3, -0.25) is 9.79 Å². The number of nitrogens with zero attached hydrogens (tertiary/aromatic N) is 2. The van der Waals surface area contributed by atoms with Crippen LogP contribution in [0.1, 0.15) is 41.4 Å². The van der Waals surface area contributed by atoms with E-state index in [4.69, 9.17) is 15.2 Å². The first kappa shape index (κ1) is 24.1. The molecule has 9 nitrogen and oxygen atoms in total. The number of amides is 1. The third-order valence-corrected chi connectivity index (χ3v) is 9.33. The SMILES string of the molecule is COc1cnc(C(=O)Nc2ccc(F)c([C@]3(C)CS(=O)(=O)C4(CC(OC)C4)C(N)=N3)c2)c(C)c1. The Kier molecular flexibility index (Phi) is 5.89. The molecule has 1 aliphatic heterocycles. The highest BCUT2D eigenvalue weighted by Crippen LogP contribution is 2.48. The van der Waals surface area contributed by atoms with Gasteiger partial charge in [-0.2, -0.15) is 0 Å². The number of aliphatic imine (C=N–C) groups is 1. The first-order chi connectivity index (χ1) is 15.9. The van der Waals surface area contributed by atoms with Gasteiger partial charge in [0.15, 0.2) is 9.84 Å². The zero-order valence-corrected chi connectivity index (χ0v) is 20.2.